The summed E-state index contributed by atoms with van der Waals surface area (Å²) in [4.78, 5) is 6.81. The molecule has 0 bridgehead atoms. The molecule has 0 aliphatic carbocycles. The normalized spacial score (nSPS) is 12.8. The van der Waals surface area contributed by atoms with Crippen molar-refractivity contribution in [2.75, 3.05) is 0 Å². The van der Waals surface area contributed by atoms with Crippen LogP contribution in [0.5, 0.6) is 0 Å². The molecule has 0 aliphatic rings. The van der Waals surface area contributed by atoms with Crippen molar-refractivity contribution in [2.24, 2.45) is 5.73 Å². The van der Waals surface area contributed by atoms with Crippen LogP contribution in [0.2, 0.25) is 0 Å². The largest absolute Gasteiger partial charge is 0.324 e. The molecule has 2 heterocycles. The van der Waals surface area contributed by atoms with E-state index in [0.717, 1.165) is 5.52 Å². The van der Waals surface area contributed by atoms with Crippen molar-refractivity contribution >= 4 is 22.2 Å². The number of pyridine rings is 1. The molecule has 1 aromatic carbocycles. The van der Waals surface area contributed by atoms with E-state index in [-0.39, 0.29) is 6.04 Å². The zero-order valence-corrected chi connectivity index (χ0v) is 10.9. The van der Waals surface area contributed by atoms with Gasteiger partial charge in [0.15, 0.2) is 0 Å². The third kappa shape index (κ3) is 2.03. The number of nitrogens with two attached hydrogens (primary N) is 1. The molecular weight excluding hydrogens is 240 g/mol. The molecule has 0 fully saturated rings. The summed E-state index contributed by atoms with van der Waals surface area (Å²) in [7, 11) is 0. The molecule has 2 nitrogen and oxygen atoms in total. The first-order valence-corrected chi connectivity index (χ1v) is 6.76. The Labute approximate surface area is 110 Å². The first kappa shape index (κ1) is 11.4. The minimum absolute atomic E-state index is 0.103. The van der Waals surface area contributed by atoms with Crippen LogP contribution in [0, 0.1) is 0 Å². The maximum atomic E-state index is 5.90. The standard InChI is InChI=1S/C15H14N2S/c1-10(16)14-6-7-15(18-14)12-4-5-13-11(9-12)3-2-8-17-13/h2-10H,16H2,1H3. The van der Waals surface area contributed by atoms with Gasteiger partial charge in [0.2, 0.25) is 0 Å². The fourth-order valence-electron chi connectivity index (χ4n) is 1.98. The Morgan fingerprint density at radius 2 is 2.06 bits per heavy atom. The number of fused-ring (bicyclic) bond motifs is 1. The van der Waals surface area contributed by atoms with E-state index in [2.05, 4.69) is 41.4 Å². The lowest BCUT2D eigenvalue weighted by Gasteiger charge is -2.01. The molecule has 90 valence electrons. The van der Waals surface area contributed by atoms with E-state index in [0.29, 0.717) is 0 Å². The summed E-state index contributed by atoms with van der Waals surface area (Å²) in [5, 5.41) is 1.17. The van der Waals surface area contributed by atoms with Gasteiger partial charge in [-0.05, 0) is 42.8 Å². The smallest absolute Gasteiger partial charge is 0.0702 e. The Bertz CT molecular complexity index is 686. The highest BCUT2D eigenvalue weighted by molar-refractivity contribution is 7.15. The van der Waals surface area contributed by atoms with Crippen LogP contribution in [0.3, 0.4) is 0 Å². The van der Waals surface area contributed by atoms with Gasteiger partial charge in [-0.25, -0.2) is 0 Å². The molecule has 1 atom stereocenters. The van der Waals surface area contributed by atoms with Crippen LogP contribution in [-0.4, -0.2) is 4.98 Å². The summed E-state index contributed by atoms with van der Waals surface area (Å²) >= 11 is 1.76. The summed E-state index contributed by atoms with van der Waals surface area (Å²) in [6, 6.07) is 14.8. The van der Waals surface area contributed by atoms with Gasteiger partial charge in [-0.3, -0.25) is 4.98 Å². The predicted molar refractivity (Wildman–Crippen MR) is 77.7 cm³/mol. The van der Waals surface area contributed by atoms with Crippen molar-refractivity contribution < 1.29 is 0 Å². The fraction of sp³-hybridized carbons (Fsp3) is 0.133. The number of hydrogen-bond acceptors (Lipinski definition) is 3. The summed E-state index contributed by atoms with van der Waals surface area (Å²) in [6.07, 6.45) is 1.82. The maximum absolute atomic E-state index is 5.90. The van der Waals surface area contributed by atoms with Crippen LogP contribution in [0.4, 0.5) is 0 Å². The van der Waals surface area contributed by atoms with E-state index in [4.69, 9.17) is 5.73 Å². The van der Waals surface area contributed by atoms with Crippen molar-refractivity contribution in [3.05, 3.63) is 53.5 Å². The van der Waals surface area contributed by atoms with Gasteiger partial charge in [-0.2, -0.15) is 0 Å². The molecule has 0 radical (unpaired) electrons. The number of benzene rings is 1. The molecule has 3 rings (SSSR count). The number of nitrogens with zero attached hydrogens (tertiary/aromatic N) is 1. The van der Waals surface area contributed by atoms with E-state index in [1.54, 1.807) is 11.3 Å². The minimum Gasteiger partial charge on any atom is -0.324 e. The second-order valence-electron chi connectivity index (χ2n) is 4.40. The van der Waals surface area contributed by atoms with Gasteiger partial charge in [0.05, 0.1) is 5.52 Å². The lowest BCUT2D eigenvalue weighted by molar-refractivity contribution is 0.838. The average Bonchev–Trinajstić information content (AvgIpc) is 2.88. The van der Waals surface area contributed by atoms with Crippen LogP contribution in [0.25, 0.3) is 21.3 Å². The Morgan fingerprint density at radius 3 is 2.83 bits per heavy atom. The van der Waals surface area contributed by atoms with Gasteiger partial charge in [0.1, 0.15) is 0 Å². The van der Waals surface area contributed by atoms with E-state index in [9.17, 15) is 0 Å². The molecule has 18 heavy (non-hydrogen) atoms. The molecule has 2 aromatic heterocycles. The van der Waals surface area contributed by atoms with Gasteiger partial charge >= 0.3 is 0 Å². The molecule has 1 unspecified atom stereocenters. The van der Waals surface area contributed by atoms with Gasteiger partial charge in [0.25, 0.3) is 0 Å². The zero-order valence-electron chi connectivity index (χ0n) is 10.1. The van der Waals surface area contributed by atoms with Crippen LogP contribution < -0.4 is 5.73 Å². The van der Waals surface area contributed by atoms with Gasteiger partial charge < -0.3 is 5.73 Å². The lowest BCUT2D eigenvalue weighted by atomic mass is 10.1. The van der Waals surface area contributed by atoms with Gasteiger partial charge in [0, 0.05) is 27.4 Å². The van der Waals surface area contributed by atoms with Crippen LogP contribution >= 0.6 is 11.3 Å². The van der Waals surface area contributed by atoms with Crippen molar-refractivity contribution in [2.45, 2.75) is 13.0 Å². The highest BCUT2D eigenvalue weighted by Crippen LogP contribution is 2.31. The van der Waals surface area contributed by atoms with Crippen molar-refractivity contribution in [1.29, 1.82) is 0 Å². The lowest BCUT2D eigenvalue weighted by Crippen LogP contribution is -2.01. The zero-order chi connectivity index (χ0) is 12.5. The average molecular weight is 254 g/mol. The maximum Gasteiger partial charge on any atom is 0.0702 e. The highest BCUT2D eigenvalue weighted by Gasteiger charge is 2.06. The summed E-state index contributed by atoms with van der Waals surface area (Å²) in [6.45, 7) is 2.01. The molecule has 0 amide bonds. The van der Waals surface area contributed by atoms with E-state index >= 15 is 0 Å². The summed E-state index contributed by atoms with van der Waals surface area (Å²) in [5.41, 5.74) is 8.16. The second kappa shape index (κ2) is 4.52. The molecule has 2 N–H and O–H groups in total. The summed E-state index contributed by atoms with van der Waals surface area (Å²) < 4.78 is 0. The first-order valence-electron chi connectivity index (χ1n) is 5.94. The third-order valence-corrected chi connectivity index (χ3v) is 4.30. The SMILES string of the molecule is CC(N)c1ccc(-c2ccc3ncccc3c2)s1. The Balaban J connectivity index is 2.07. The van der Waals surface area contributed by atoms with Crippen LogP contribution in [0.1, 0.15) is 17.8 Å². The molecule has 3 aromatic rings. The number of thiophene rings is 1. The predicted octanol–water partition coefficient (Wildman–Crippen LogP) is 3.98. The molecule has 3 heteroatoms. The van der Waals surface area contributed by atoms with Crippen LogP contribution in [-0.2, 0) is 0 Å². The quantitative estimate of drug-likeness (QED) is 0.751. The van der Waals surface area contributed by atoms with E-state index in [1.807, 2.05) is 19.2 Å². The Hall–Kier alpha value is -1.71. The second-order valence-corrected chi connectivity index (χ2v) is 5.52. The molecular formula is C15H14N2S. The number of hydrogen-bond donors (Lipinski definition) is 1. The number of aromatic nitrogens is 1. The van der Waals surface area contributed by atoms with Crippen molar-refractivity contribution in [3.63, 3.8) is 0 Å². The summed E-state index contributed by atoms with van der Waals surface area (Å²) in [5.74, 6) is 0. The molecule has 0 saturated carbocycles. The topological polar surface area (TPSA) is 38.9 Å². The van der Waals surface area contributed by atoms with E-state index < -0.39 is 0 Å². The Kier molecular flexibility index (Phi) is 2.86. The fourth-order valence-corrected chi connectivity index (χ4v) is 2.94. The molecule has 0 aliphatic heterocycles. The van der Waals surface area contributed by atoms with Gasteiger partial charge in [-0.15, -0.1) is 11.3 Å². The van der Waals surface area contributed by atoms with E-state index in [1.165, 1.54) is 20.7 Å². The molecule has 0 spiro atoms. The Morgan fingerprint density at radius 1 is 1.17 bits per heavy atom. The monoisotopic (exact) mass is 254 g/mol. The third-order valence-electron chi connectivity index (χ3n) is 2.96. The van der Waals surface area contributed by atoms with Gasteiger partial charge in [-0.1, -0.05) is 12.1 Å². The minimum atomic E-state index is 0.103. The van der Waals surface area contributed by atoms with Crippen molar-refractivity contribution in [1.82, 2.24) is 4.98 Å². The van der Waals surface area contributed by atoms with Crippen molar-refractivity contribution in [3.8, 4) is 10.4 Å². The highest BCUT2D eigenvalue weighted by atomic mass is 32.1. The molecule has 0 saturated heterocycles. The first-order chi connectivity index (χ1) is 8.74. The van der Waals surface area contributed by atoms with Crippen LogP contribution in [0.15, 0.2) is 48.7 Å². The number of rotatable bonds is 2.